The lowest BCUT2D eigenvalue weighted by molar-refractivity contribution is 0.149. The van der Waals surface area contributed by atoms with Crippen molar-refractivity contribution >= 4 is 49.6 Å². The summed E-state index contributed by atoms with van der Waals surface area (Å²) in [5.74, 6) is 0. The number of hydrogen-bond donors (Lipinski definition) is 2. The molecule has 0 aliphatic carbocycles. The highest BCUT2D eigenvalue weighted by atomic mass is 35.5. The van der Waals surface area contributed by atoms with E-state index in [2.05, 4.69) is 0 Å². The predicted molar refractivity (Wildman–Crippen MR) is 57.9 cm³/mol. The second-order valence-corrected chi connectivity index (χ2v) is 1.19. The molecule has 0 saturated heterocycles. The Morgan fingerprint density at radius 2 is 1.00 bits per heavy atom. The standard InChI is InChI=1S/C4H12N2O.4ClH/c5-1-3-7-4-2-6;;;;/h1-6H2;4*1H. The molecule has 0 aliphatic rings. The van der Waals surface area contributed by atoms with Crippen LogP contribution in [0.25, 0.3) is 0 Å². The Labute approximate surface area is 92.2 Å². The molecule has 4 N–H and O–H groups in total. The molecule has 0 aromatic heterocycles. The van der Waals surface area contributed by atoms with Crippen molar-refractivity contribution in [3.8, 4) is 0 Å². The van der Waals surface area contributed by atoms with Crippen LogP contribution >= 0.6 is 49.6 Å². The Morgan fingerprint density at radius 1 is 0.727 bits per heavy atom. The minimum Gasteiger partial charge on any atom is -0.379 e. The van der Waals surface area contributed by atoms with E-state index in [0.717, 1.165) is 0 Å². The Hall–Kier alpha value is 1.04. The summed E-state index contributed by atoms with van der Waals surface area (Å²) in [7, 11) is 0. The highest BCUT2D eigenvalue weighted by Gasteiger charge is 1.77. The quantitative estimate of drug-likeness (QED) is 0.718. The molecule has 0 bridgehead atoms. The molecule has 0 unspecified atom stereocenters. The summed E-state index contributed by atoms with van der Waals surface area (Å²) < 4.78 is 4.88. The third kappa shape index (κ3) is 35.5. The van der Waals surface area contributed by atoms with Crippen LogP contribution in [0.15, 0.2) is 0 Å². The van der Waals surface area contributed by atoms with Crippen molar-refractivity contribution in [1.82, 2.24) is 0 Å². The number of rotatable bonds is 4. The first-order chi connectivity index (χ1) is 3.41. The minimum atomic E-state index is 0. The van der Waals surface area contributed by atoms with Gasteiger partial charge in [0, 0.05) is 13.1 Å². The topological polar surface area (TPSA) is 61.3 Å². The van der Waals surface area contributed by atoms with Crippen LogP contribution in [0.2, 0.25) is 0 Å². The van der Waals surface area contributed by atoms with E-state index in [0.29, 0.717) is 26.3 Å². The summed E-state index contributed by atoms with van der Waals surface area (Å²) >= 11 is 0. The smallest absolute Gasteiger partial charge is 0.0589 e. The molecule has 0 aromatic carbocycles. The molecule has 0 amide bonds. The van der Waals surface area contributed by atoms with E-state index >= 15 is 0 Å². The van der Waals surface area contributed by atoms with Gasteiger partial charge in [-0.1, -0.05) is 0 Å². The van der Waals surface area contributed by atoms with E-state index in [1.165, 1.54) is 0 Å². The van der Waals surface area contributed by atoms with Crippen molar-refractivity contribution in [1.29, 1.82) is 0 Å². The van der Waals surface area contributed by atoms with Gasteiger partial charge in [-0.3, -0.25) is 0 Å². The van der Waals surface area contributed by atoms with Crippen molar-refractivity contribution in [2.45, 2.75) is 0 Å². The zero-order valence-electron chi connectivity index (χ0n) is 6.02. The molecule has 0 spiro atoms. The fourth-order valence-corrected chi connectivity index (χ4v) is 0.269. The van der Waals surface area contributed by atoms with Crippen molar-refractivity contribution in [3.05, 3.63) is 0 Å². The molecule has 0 aliphatic heterocycles. The van der Waals surface area contributed by atoms with Crippen LogP contribution in [0.1, 0.15) is 0 Å². The lowest BCUT2D eigenvalue weighted by Gasteiger charge is -1.95. The summed E-state index contributed by atoms with van der Waals surface area (Å²) in [5.41, 5.74) is 10.2. The fraction of sp³-hybridized carbons (Fsp3) is 1.00. The lowest BCUT2D eigenvalue weighted by Crippen LogP contribution is -2.13. The average Bonchev–Trinajstić information content (AvgIpc) is 1.69. The summed E-state index contributed by atoms with van der Waals surface area (Å²) in [6.07, 6.45) is 0. The molecular weight excluding hydrogens is 234 g/mol. The molecule has 0 atom stereocenters. The molecule has 0 radical (unpaired) electrons. The highest BCUT2D eigenvalue weighted by Crippen LogP contribution is 1.65. The summed E-state index contributed by atoms with van der Waals surface area (Å²) in [5, 5.41) is 0. The zero-order valence-corrected chi connectivity index (χ0v) is 9.29. The van der Waals surface area contributed by atoms with Crippen molar-refractivity contribution in [2.75, 3.05) is 26.3 Å². The Kier molecular flexibility index (Phi) is 82.1. The van der Waals surface area contributed by atoms with Crippen molar-refractivity contribution in [2.24, 2.45) is 11.5 Å². The van der Waals surface area contributed by atoms with Gasteiger partial charge < -0.3 is 16.2 Å². The van der Waals surface area contributed by atoms with E-state index in [-0.39, 0.29) is 49.6 Å². The third-order valence-corrected chi connectivity index (χ3v) is 0.524. The van der Waals surface area contributed by atoms with Crippen LogP contribution in [0.4, 0.5) is 0 Å². The molecule has 0 heterocycles. The van der Waals surface area contributed by atoms with Gasteiger partial charge in [-0.25, -0.2) is 0 Å². The Morgan fingerprint density at radius 3 is 1.18 bits per heavy atom. The van der Waals surface area contributed by atoms with E-state index in [9.17, 15) is 0 Å². The van der Waals surface area contributed by atoms with Gasteiger partial charge in [0.05, 0.1) is 13.2 Å². The van der Waals surface area contributed by atoms with E-state index in [4.69, 9.17) is 16.2 Å². The fourth-order valence-electron chi connectivity index (χ4n) is 0.269. The zero-order chi connectivity index (χ0) is 5.54. The maximum absolute atomic E-state index is 5.10. The van der Waals surface area contributed by atoms with Crippen LogP contribution in [0.5, 0.6) is 0 Å². The molecule has 0 fully saturated rings. The number of hydrogen-bond acceptors (Lipinski definition) is 3. The number of halogens is 4. The molecule has 3 nitrogen and oxygen atoms in total. The number of nitrogens with two attached hydrogens (primary N) is 2. The van der Waals surface area contributed by atoms with Crippen molar-refractivity contribution in [3.63, 3.8) is 0 Å². The molecule has 11 heavy (non-hydrogen) atoms. The average molecular weight is 250 g/mol. The van der Waals surface area contributed by atoms with Gasteiger partial charge in [-0.15, -0.1) is 49.6 Å². The van der Waals surface area contributed by atoms with Crippen LogP contribution in [-0.2, 0) is 4.74 Å². The summed E-state index contributed by atoms with van der Waals surface area (Å²) in [6, 6.07) is 0. The monoisotopic (exact) mass is 248 g/mol. The maximum Gasteiger partial charge on any atom is 0.0589 e. The highest BCUT2D eigenvalue weighted by molar-refractivity contribution is 5.86. The normalized spacial score (nSPS) is 6.00. The van der Waals surface area contributed by atoms with Crippen molar-refractivity contribution < 1.29 is 4.74 Å². The third-order valence-electron chi connectivity index (χ3n) is 0.524. The first-order valence-electron chi connectivity index (χ1n) is 2.39. The first-order valence-corrected chi connectivity index (χ1v) is 2.39. The van der Waals surface area contributed by atoms with E-state index in [1.807, 2.05) is 0 Å². The van der Waals surface area contributed by atoms with Gasteiger partial charge >= 0.3 is 0 Å². The first kappa shape index (κ1) is 29.6. The van der Waals surface area contributed by atoms with Gasteiger partial charge in [0.2, 0.25) is 0 Å². The molecule has 7 heteroatoms. The van der Waals surface area contributed by atoms with Gasteiger partial charge in [-0.2, -0.15) is 0 Å². The van der Waals surface area contributed by atoms with Gasteiger partial charge in [0.15, 0.2) is 0 Å². The van der Waals surface area contributed by atoms with Crippen LogP contribution in [0.3, 0.4) is 0 Å². The molecular formula is C4H16Cl4N2O. The largest absolute Gasteiger partial charge is 0.379 e. The molecule has 0 rings (SSSR count). The van der Waals surface area contributed by atoms with E-state index < -0.39 is 0 Å². The SMILES string of the molecule is Cl.Cl.Cl.Cl.NCCOCCN. The second-order valence-electron chi connectivity index (χ2n) is 1.19. The van der Waals surface area contributed by atoms with Gasteiger partial charge in [0.1, 0.15) is 0 Å². The molecule has 0 aromatic rings. The number of ether oxygens (including phenoxy) is 1. The second kappa shape index (κ2) is 30.5. The molecule has 0 saturated carbocycles. The van der Waals surface area contributed by atoms with Gasteiger partial charge in [0.25, 0.3) is 0 Å². The summed E-state index contributed by atoms with van der Waals surface area (Å²) in [6.45, 7) is 2.41. The predicted octanol–water partition coefficient (Wildman–Crippen LogP) is 0.608. The minimum absolute atomic E-state index is 0. The maximum atomic E-state index is 5.10. The molecule has 76 valence electrons. The van der Waals surface area contributed by atoms with E-state index in [1.54, 1.807) is 0 Å². The van der Waals surface area contributed by atoms with Crippen LogP contribution in [-0.4, -0.2) is 26.3 Å². The Balaban J connectivity index is -0.0000000300. The van der Waals surface area contributed by atoms with Crippen LogP contribution < -0.4 is 11.5 Å². The Bertz CT molecular complexity index is 39.3. The summed E-state index contributed by atoms with van der Waals surface area (Å²) in [4.78, 5) is 0. The van der Waals surface area contributed by atoms with Crippen LogP contribution in [0, 0.1) is 0 Å². The van der Waals surface area contributed by atoms with Gasteiger partial charge in [-0.05, 0) is 0 Å². The lowest BCUT2D eigenvalue weighted by atomic mass is 10.7.